The van der Waals surface area contributed by atoms with Gasteiger partial charge in [0.25, 0.3) is 0 Å². The van der Waals surface area contributed by atoms with Gasteiger partial charge in [-0.1, -0.05) is 24.3 Å². The molecule has 0 aromatic heterocycles. The Balaban J connectivity index is 1.96. The van der Waals surface area contributed by atoms with Crippen molar-refractivity contribution in [1.29, 1.82) is 0 Å². The molecular weight excluding hydrogens is 308 g/mol. The molecule has 0 unspecified atom stereocenters. The minimum absolute atomic E-state index is 0.726. The largest absolute Gasteiger partial charge is 0.453 e. The second-order valence-corrected chi connectivity index (χ2v) is 6.75. The van der Waals surface area contributed by atoms with E-state index in [1.54, 1.807) is 0 Å². The molecule has 3 aromatic rings. The van der Waals surface area contributed by atoms with Gasteiger partial charge in [-0.3, -0.25) is 0 Å². The van der Waals surface area contributed by atoms with E-state index in [1.807, 2.05) is 49.4 Å². The summed E-state index contributed by atoms with van der Waals surface area (Å²) in [6, 6.07) is 18.4. The minimum atomic E-state index is 0.726. The SMILES string of the molecule is Cc1cc(C)cc(Oc2cccc(C)c2Oc2cc(C)cc(C)c2)c1. The summed E-state index contributed by atoms with van der Waals surface area (Å²) < 4.78 is 12.4. The van der Waals surface area contributed by atoms with Crippen LogP contribution >= 0.6 is 0 Å². The Labute approximate surface area is 150 Å². The Hall–Kier alpha value is -2.74. The average molecular weight is 332 g/mol. The molecule has 128 valence electrons. The van der Waals surface area contributed by atoms with Crippen molar-refractivity contribution in [2.45, 2.75) is 34.6 Å². The van der Waals surface area contributed by atoms with Crippen molar-refractivity contribution in [3.63, 3.8) is 0 Å². The summed E-state index contributed by atoms with van der Waals surface area (Å²) in [5.74, 6) is 3.14. The van der Waals surface area contributed by atoms with E-state index in [9.17, 15) is 0 Å². The zero-order chi connectivity index (χ0) is 18.0. The zero-order valence-corrected chi connectivity index (χ0v) is 15.5. The van der Waals surface area contributed by atoms with Crippen LogP contribution < -0.4 is 9.47 Å². The van der Waals surface area contributed by atoms with Crippen LogP contribution in [-0.2, 0) is 0 Å². The molecule has 25 heavy (non-hydrogen) atoms. The standard InChI is InChI=1S/C23H24O2/c1-15-9-16(2)12-20(11-15)24-22-8-6-7-19(5)23(22)25-21-13-17(3)10-18(4)14-21/h6-14H,1-5H3. The lowest BCUT2D eigenvalue weighted by molar-refractivity contribution is 0.415. The maximum Gasteiger partial charge on any atom is 0.172 e. The van der Waals surface area contributed by atoms with Gasteiger partial charge < -0.3 is 9.47 Å². The topological polar surface area (TPSA) is 18.5 Å². The molecule has 0 radical (unpaired) electrons. The summed E-state index contributed by atoms with van der Waals surface area (Å²) in [6.07, 6.45) is 0. The van der Waals surface area contributed by atoms with Crippen molar-refractivity contribution in [1.82, 2.24) is 0 Å². The van der Waals surface area contributed by atoms with Gasteiger partial charge >= 0.3 is 0 Å². The first-order chi connectivity index (χ1) is 11.9. The van der Waals surface area contributed by atoms with E-state index in [-0.39, 0.29) is 0 Å². The lowest BCUT2D eigenvalue weighted by Crippen LogP contribution is -1.94. The molecule has 0 fully saturated rings. The Morgan fingerprint density at radius 2 is 1.04 bits per heavy atom. The highest BCUT2D eigenvalue weighted by Crippen LogP contribution is 2.38. The highest BCUT2D eigenvalue weighted by molar-refractivity contribution is 5.51. The molecule has 2 heteroatoms. The molecule has 0 saturated heterocycles. The third-order valence-electron chi connectivity index (χ3n) is 4.01. The highest BCUT2D eigenvalue weighted by Gasteiger charge is 2.12. The van der Waals surface area contributed by atoms with Crippen molar-refractivity contribution in [3.8, 4) is 23.0 Å². The van der Waals surface area contributed by atoms with Gasteiger partial charge in [0.05, 0.1) is 0 Å². The number of hydrogen-bond acceptors (Lipinski definition) is 2. The van der Waals surface area contributed by atoms with Crippen molar-refractivity contribution in [2.75, 3.05) is 0 Å². The van der Waals surface area contributed by atoms with Gasteiger partial charge in [0.1, 0.15) is 11.5 Å². The molecule has 0 aliphatic rings. The maximum atomic E-state index is 6.21. The third kappa shape index (κ3) is 4.21. The van der Waals surface area contributed by atoms with Crippen molar-refractivity contribution in [3.05, 3.63) is 82.4 Å². The molecule has 0 spiro atoms. The fourth-order valence-electron chi connectivity index (χ4n) is 3.07. The fraction of sp³-hybridized carbons (Fsp3) is 0.217. The lowest BCUT2D eigenvalue weighted by Gasteiger charge is -2.16. The molecule has 0 atom stereocenters. The predicted octanol–water partition coefficient (Wildman–Crippen LogP) is 6.81. The number of ether oxygens (including phenoxy) is 2. The van der Waals surface area contributed by atoms with Gasteiger partial charge in [-0.25, -0.2) is 0 Å². The Kier molecular flexibility index (Phi) is 4.80. The van der Waals surface area contributed by atoms with Crippen LogP contribution in [0.5, 0.6) is 23.0 Å². The smallest absolute Gasteiger partial charge is 0.172 e. The van der Waals surface area contributed by atoms with Crippen molar-refractivity contribution in [2.24, 2.45) is 0 Å². The summed E-state index contributed by atoms with van der Waals surface area (Å²) in [7, 11) is 0. The number of benzene rings is 3. The van der Waals surface area contributed by atoms with Gasteiger partial charge in [0.15, 0.2) is 11.5 Å². The van der Waals surface area contributed by atoms with Crippen LogP contribution in [0.25, 0.3) is 0 Å². The molecule has 0 amide bonds. The number of aryl methyl sites for hydroxylation is 5. The molecular formula is C23H24O2. The quantitative estimate of drug-likeness (QED) is 0.522. The van der Waals surface area contributed by atoms with E-state index in [0.717, 1.165) is 28.6 Å². The van der Waals surface area contributed by atoms with E-state index in [2.05, 4.69) is 39.8 Å². The van der Waals surface area contributed by atoms with Crippen LogP contribution in [0.2, 0.25) is 0 Å². The van der Waals surface area contributed by atoms with Crippen LogP contribution in [0.1, 0.15) is 27.8 Å². The fourth-order valence-corrected chi connectivity index (χ4v) is 3.07. The van der Waals surface area contributed by atoms with Gasteiger partial charge in [0, 0.05) is 0 Å². The first-order valence-electron chi connectivity index (χ1n) is 8.52. The van der Waals surface area contributed by atoms with E-state index in [0.29, 0.717) is 0 Å². The number of para-hydroxylation sites is 1. The molecule has 0 bridgehead atoms. The van der Waals surface area contributed by atoms with E-state index in [1.165, 1.54) is 22.3 Å². The predicted molar refractivity (Wildman–Crippen MR) is 103 cm³/mol. The molecule has 0 heterocycles. The maximum absolute atomic E-state index is 6.21. The van der Waals surface area contributed by atoms with E-state index >= 15 is 0 Å². The summed E-state index contributed by atoms with van der Waals surface area (Å²) >= 11 is 0. The molecule has 0 aliphatic heterocycles. The summed E-state index contributed by atoms with van der Waals surface area (Å²) in [6.45, 7) is 10.3. The normalized spacial score (nSPS) is 10.6. The molecule has 0 saturated carbocycles. The minimum Gasteiger partial charge on any atom is -0.453 e. The molecule has 3 rings (SSSR count). The third-order valence-corrected chi connectivity index (χ3v) is 4.01. The summed E-state index contributed by atoms with van der Waals surface area (Å²) in [4.78, 5) is 0. The van der Waals surface area contributed by atoms with Crippen LogP contribution in [0.15, 0.2) is 54.6 Å². The Bertz CT molecular complexity index is 869. The second-order valence-electron chi connectivity index (χ2n) is 6.75. The van der Waals surface area contributed by atoms with Gasteiger partial charge in [-0.2, -0.15) is 0 Å². The number of hydrogen-bond donors (Lipinski definition) is 0. The molecule has 0 N–H and O–H groups in total. The lowest BCUT2D eigenvalue weighted by atomic mass is 10.1. The van der Waals surface area contributed by atoms with Gasteiger partial charge in [-0.05, 0) is 92.8 Å². The van der Waals surface area contributed by atoms with Crippen LogP contribution in [0.4, 0.5) is 0 Å². The average Bonchev–Trinajstić information content (AvgIpc) is 2.49. The summed E-state index contributed by atoms with van der Waals surface area (Å²) in [5.41, 5.74) is 5.76. The van der Waals surface area contributed by atoms with Gasteiger partial charge in [0.2, 0.25) is 0 Å². The molecule has 0 aliphatic carbocycles. The van der Waals surface area contributed by atoms with Crippen molar-refractivity contribution < 1.29 is 9.47 Å². The molecule has 2 nitrogen and oxygen atoms in total. The summed E-state index contributed by atoms with van der Waals surface area (Å²) in [5, 5.41) is 0. The Morgan fingerprint density at radius 3 is 1.56 bits per heavy atom. The van der Waals surface area contributed by atoms with Crippen LogP contribution in [-0.4, -0.2) is 0 Å². The van der Waals surface area contributed by atoms with Gasteiger partial charge in [-0.15, -0.1) is 0 Å². The second kappa shape index (κ2) is 7.02. The van der Waals surface area contributed by atoms with E-state index < -0.39 is 0 Å². The first kappa shape index (κ1) is 17.1. The first-order valence-corrected chi connectivity index (χ1v) is 8.52. The highest BCUT2D eigenvalue weighted by atomic mass is 16.5. The Morgan fingerprint density at radius 1 is 0.560 bits per heavy atom. The van der Waals surface area contributed by atoms with Crippen molar-refractivity contribution >= 4 is 0 Å². The van der Waals surface area contributed by atoms with Crippen LogP contribution in [0.3, 0.4) is 0 Å². The van der Waals surface area contributed by atoms with Crippen LogP contribution in [0, 0.1) is 34.6 Å². The van der Waals surface area contributed by atoms with E-state index in [4.69, 9.17) is 9.47 Å². The zero-order valence-electron chi connectivity index (χ0n) is 15.5. The monoisotopic (exact) mass is 332 g/mol. The molecule has 3 aromatic carbocycles. The number of rotatable bonds is 4.